The van der Waals surface area contributed by atoms with Crippen molar-refractivity contribution in [2.24, 2.45) is 7.05 Å². The maximum Gasteiger partial charge on any atom is 0.275 e. The molecule has 2 heterocycles. The lowest BCUT2D eigenvalue weighted by Gasteiger charge is -2.06. The Kier molecular flexibility index (Phi) is 3.38. The van der Waals surface area contributed by atoms with Crippen LogP contribution in [-0.4, -0.2) is 25.5 Å². The molecule has 2 aromatic heterocycles. The minimum absolute atomic E-state index is 0.293. The highest BCUT2D eigenvalue weighted by Gasteiger charge is 2.17. The molecular weight excluding hydrogens is 254 g/mol. The molecule has 2 aromatic rings. The highest BCUT2D eigenvalue weighted by molar-refractivity contribution is 6.34. The lowest BCUT2D eigenvalue weighted by atomic mass is 10.3. The van der Waals surface area contributed by atoms with Gasteiger partial charge in [0, 0.05) is 13.6 Å². The van der Waals surface area contributed by atoms with Crippen LogP contribution in [0, 0.1) is 6.92 Å². The Morgan fingerprint density at radius 2 is 2.17 bits per heavy atom. The molecule has 1 amide bonds. The van der Waals surface area contributed by atoms with E-state index >= 15 is 0 Å². The molecule has 0 atom stereocenters. The molecule has 0 saturated heterocycles. The molecule has 0 aliphatic heterocycles. The van der Waals surface area contributed by atoms with Crippen LogP contribution in [0.15, 0.2) is 12.4 Å². The molecule has 0 bridgehead atoms. The largest absolute Gasteiger partial charge is 0.318 e. The van der Waals surface area contributed by atoms with Gasteiger partial charge in [-0.3, -0.25) is 14.2 Å². The fourth-order valence-electron chi connectivity index (χ4n) is 1.74. The monoisotopic (exact) mass is 267 g/mol. The van der Waals surface area contributed by atoms with E-state index in [1.165, 1.54) is 10.9 Å². The Labute approximate surface area is 110 Å². The van der Waals surface area contributed by atoms with Gasteiger partial charge in [0.1, 0.15) is 5.69 Å². The Bertz CT molecular complexity index is 567. The third kappa shape index (κ3) is 2.11. The van der Waals surface area contributed by atoms with E-state index in [4.69, 9.17) is 11.6 Å². The molecule has 1 N–H and O–H groups in total. The first-order valence-electron chi connectivity index (χ1n) is 5.55. The second-order valence-corrected chi connectivity index (χ2v) is 4.29. The van der Waals surface area contributed by atoms with Crippen LogP contribution < -0.4 is 5.32 Å². The topological polar surface area (TPSA) is 64.7 Å². The van der Waals surface area contributed by atoms with Crippen LogP contribution in [0.4, 0.5) is 5.69 Å². The molecule has 0 saturated carbocycles. The van der Waals surface area contributed by atoms with Crippen molar-refractivity contribution in [2.45, 2.75) is 20.4 Å². The second-order valence-electron chi connectivity index (χ2n) is 3.88. The molecule has 18 heavy (non-hydrogen) atoms. The first-order valence-corrected chi connectivity index (χ1v) is 5.93. The molecular formula is C11H14ClN5O. The Morgan fingerprint density at radius 1 is 1.44 bits per heavy atom. The van der Waals surface area contributed by atoms with E-state index in [2.05, 4.69) is 15.5 Å². The lowest BCUT2D eigenvalue weighted by molar-refractivity contribution is 0.101. The Hall–Kier alpha value is -1.82. The van der Waals surface area contributed by atoms with E-state index in [0.717, 1.165) is 12.2 Å². The molecule has 0 spiro atoms. The number of carbonyl (C=O) groups is 1. The van der Waals surface area contributed by atoms with E-state index in [9.17, 15) is 4.79 Å². The zero-order valence-corrected chi connectivity index (χ0v) is 11.2. The van der Waals surface area contributed by atoms with Crippen molar-refractivity contribution >= 4 is 23.2 Å². The number of hydrogen-bond donors (Lipinski definition) is 1. The summed E-state index contributed by atoms with van der Waals surface area (Å²) in [4.78, 5) is 12.1. The highest BCUT2D eigenvalue weighted by atomic mass is 35.5. The van der Waals surface area contributed by atoms with E-state index in [1.807, 2.05) is 13.8 Å². The van der Waals surface area contributed by atoms with E-state index < -0.39 is 0 Å². The van der Waals surface area contributed by atoms with Gasteiger partial charge >= 0.3 is 0 Å². The summed E-state index contributed by atoms with van der Waals surface area (Å²) in [5.74, 6) is -0.293. The van der Waals surface area contributed by atoms with Gasteiger partial charge in [-0.2, -0.15) is 10.2 Å². The number of carbonyl (C=O) groups excluding carboxylic acids is 1. The summed E-state index contributed by atoms with van der Waals surface area (Å²) in [6.07, 6.45) is 3.07. The number of nitrogens with one attached hydrogen (secondary N) is 1. The second kappa shape index (κ2) is 4.81. The summed E-state index contributed by atoms with van der Waals surface area (Å²) in [5.41, 5.74) is 1.92. The van der Waals surface area contributed by atoms with Crippen molar-refractivity contribution in [1.29, 1.82) is 0 Å². The van der Waals surface area contributed by atoms with Crippen LogP contribution in [-0.2, 0) is 13.6 Å². The number of nitrogens with zero attached hydrogens (tertiary/aromatic N) is 4. The Balaban J connectivity index is 2.24. The van der Waals surface area contributed by atoms with Crippen molar-refractivity contribution in [3.05, 3.63) is 28.8 Å². The molecule has 7 heteroatoms. The van der Waals surface area contributed by atoms with Crippen LogP contribution in [0.2, 0.25) is 5.02 Å². The van der Waals surface area contributed by atoms with Crippen LogP contribution in [0.1, 0.15) is 23.1 Å². The SMILES string of the molecule is CCn1ncc(NC(=O)c2c(Cl)cnn2C)c1C. The molecule has 0 radical (unpaired) electrons. The van der Waals surface area contributed by atoms with Crippen molar-refractivity contribution in [3.63, 3.8) is 0 Å². The number of aryl methyl sites for hydroxylation is 2. The summed E-state index contributed by atoms with van der Waals surface area (Å²) in [6.45, 7) is 4.65. The fourth-order valence-corrected chi connectivity index (χ4v) is 1.99. The summed E-state index contributed by atoms with van der Waals surface area (Å²) >= 11 is 5.91. The van der Waals surface area contributed by atoms with Crippen LogP contribution >= 0.6 is 11.6 Å². The summed E-state index contributed by atoms with van der Waals surface area (Å²) in [5, 5.41) is 11.2. The number of rotatable bonds is 3. The third-order valence-electron chi connectivity index (χ3n) is 2.76. The standard InChI is InChI=1S/C11H14ClN5O/c1-4-17-7(2)9(6-14-17)15-11(18)10-8(12)5-13-16(10)3/h5-6H,4H2,1-3H3,(H,15,18). The quantitative estimate of drug-likeness (QED) is 0.923. The van der Waals surface area contributed by atoms with E-state index in [0.29, 0.717) is 16.4 Å². The van der Waals surface area contributed by atoms with Gasteiger partial charge in [-0.25, -0.2) is 0 Å². The first-order chi connectivity index (χ1) is 8.54. The van der Waals surface area contributed by atoms with Gasteiger partial charge in [0.05, 0.1) is 28.8 Å². The fraction of sp³-hybridized carbons (Fsp3) is 0.364. The van der Waals surface area contributed by atoms with E-state index in [-0.39, 0.29) is 5.91 Å². The number of amides is 1. The van der Waals surface area contributed by atoms with Crippen molar-refractivity contribution in [1.82, 2.24) is 19.6 Å². The Morgan fingerprint density at radius 3 is 2.67 bits per heavy atom. The van der Waals surface area contributed by atoms with Crippen molar-refractivity contribution < 1.29 is 4.79 Å². The zero-order chi connectivity index (χ0) is 13.3. The predicted octanol–water partition coefficient (Wildman–Crippen LogP) is 1.85. The summed E-state index contributed by atoms with van der Waals surface area (Å²) in [6, 6.07) is 0. The van der Waals surface area contributed by atoms with Crippen molar-refractivity contribution in [3.8, 4) is 0 Å². The van der Waals surface area contributed by atoms with Gasteiger partial charge in [-0.05, 0) is 13.8 Å². The highest BCUT2D eigenvalue weighted by Crippen LogP contribution is 2.18. The van der Waals surface area contributed by atoms with Gasteiger partial charge in [-0.1, -0.05) is 11.6 Å². The average molecular weight is 268 g/mol. The maximum absolute atomic E-state index is 12.1. The van der Waals surface area contributed by atoms with Crippen LogP contribution in [0.3, 0.4) is 0 Å². The molecule has 0 aromatic carbocycles. The number of hydrogen-bond acceptors (Lipinski definition) is 3. The predicted molar refractivity (Wildman–Crippen MR) is 68.8 cm³/mol. The van der Waals surface area contributed by atoms with Crippen LogP contribution in [0.5, 0.6) is 0 Å². The minimum atomic E-state index is -0.293. The minimum Gasteiger partial charge on any atom is -0.318 e. The molecule has 0 fully saturated rings. The zero-order valence-electron chi connectivity index (χ0n) is 10.4. The number of anilines is 1. The number of halogens is 1. The van der Waals surface area contributed by atoms with Gasteiger partial charge in [0.2, 0.25) is 0 Å². The number of aromatic nitrogens is 4. The summed E-state index contributed by atoms with van der Waals surface area (Å²) < 4.78 is 3.25. The molecule has 0 aliphatic carbocycles. The van der Waals surface area contributed by atoms with Crippen molar-refractivity contribution in [2.75, 3.05) is 5.32 Å². The molecule has 6 nitrogen and oxygen atoms in total. The van der Waals surface area contributed by atoms with E-state index in [1.54, 1.807) is 17.9 Å². The van der Waals surface area contributed by atoms with Gasteiger partial charge in [-0.15, -0.1) is 0 Å². The summed E-state index contributed by atoms with van der Waals surface area (Å²) in [7, 11) is 1.67. The van der Waals surface area contributed by atoms with Gasteiger partial charge < -0.3 is 5.32 Å². The molecule has 0 unspecified atom stereocenters. The normalized spacial score (nSPS) is 10.7. The molecule has 96 valence electrons. The third-order valence-corrected chi connectivity index (χ3v) is 3.04. The lowest BCUT2D eigenvalue weighted by Crippen LogP contribution is -2.17. The first kappa shape index (κ1) is 12.6. The average Bonchev–Trinajstić information content (AvgIpc) is 2.84. The van der Waals surface area contributed by atoms with Crippen LogP contribution in [0.25, 0.3) is 0 Å². The smallest absolute Gasteiger partial charge is 0.275 e. The molecule has 0 aliphatic rings. The maximum atomic E-state index is 12.1. The van der Waals surface area contributed by atoms with Gasteiger partial charge in [0.15, 0.2) is 0 Å². The van der Waals surface area contributed by atoms with Gasteiger partial charge in [0.25, 0.3) is 5.91 Å². The molecule has 2 rings (SSSR count).